The lowest BCUT2D eigenvalue weighted by Gasteiger charge is -2.33. The predicted octanol–water partition coefficient (Wildman–Crippen LogP) is 2.69. The van der Waals surface area contributed by atoms with Crippen molar-refractivity contribution >= 4 is 0 Å². The molecule has 1 unspecified atom stereocenters. The van der Waals surface area contributed by atoms with Crippen LogP contribution in [0.5, 0.6) is 0 Å². The van der Waals surface area contributed by atoms with Crippen LogP contribution >= 0.6 is 0 Å². The van der Waals surface area contributed by atoms with Crippen LogP contribution in [0.1, 0.15) is 31.2 Å². The van der Waals surface area contributed by atoms with Crippen molar-refractivity contribution in [3.63, 3.8) is 0 Å². The number of benzene rings is 1. The molecule has 1 aliphatic heterocycles. The van der Waals surface area contributed by atoms with Gasteiger partial charge in [-0.3, -0.25) is 0 Å². The highest BCUT2D eigenvalue weighted by Crippen LogP contribution is 2.33. The molecule has 1 heterocycles. The minimum Gasteiger partial charge on any atom is -0.311 e. The standard InChI is InChI=1S/C17H26N2/c1-2-5-16(6-3-1)13-17-14-19(12-10-18-17)11-4-7-15-8-9-15/h1-3,5-6,15,17-18H,4,7-14H2. The van der Waals surface area contributed by atoms with Crippen LogP contribution in [0.3, 0.4) is 0 Å². The molecule has 0 spiro atoms. The second-order valence-electron chi connectivity index (χ2n) is 6.23. The summed E-state index contributed by atoms with van der Waals surface area (Å²) in [5.74, 6) is 1.09. The molecule has 0 amide bonds. The van der Waals surface area contributed by atoms with Crippen LogP contribution in [0.25, 0.3) is 0 Å². The molecule has 2 fully saturated rings. The van der Waals surface area contributed by atoms with Crippen molar-refractivity contribution in [1.82, 2.24) is 10.2 Å². The monoisotopic (exact) mass is 258 g/mol. The summed E-state index contributed by atoms with van der Waals surface area (Å²) in [5.41, 5.74) is 1.46. The normalized spacial score (nSPS) is 24.5. The largest absolute Gasteiger partial charge is 0.311 e. The van der Waals surface area contributed by atoms with Gasteiger partial charge in [-0.2, -0.15) is 0 Å². The first kappa shape index (κ1) is 13.1. The molecule has 1 aromatic rings. The minimum atomic E-state index is 0.636. The second-order valence-corrected chi connectivity index (χ2v) is 6.23. The van der Waals surface area contributed by atoms with Crippen LogP contribution in [0.2, 0.25) is 0 Å². The molecule has 1 saturated carbocycles. The fraction of sp³-hybridized carbons (Fsp3) is 0.647. The van der Waals surface area contributed by atoms with Gasteiger partial charge in [0.05, 0.1) is 0 Å². The molecule has 0 bridgehead atoms. The predicted molar refractivity (Wildman–Crippen MR) is 80.3 cm³/mol. The molecule has 1 atom stereocenters. The van der Waals surface area contributed by atoms with Gasteiger partial charge in [-0.15, -0.1) is 0 Å². The van der Waals surface area contributed by atoms with Crippen LogP contribution in [0, 0.1) is 5.92 Å². The Morgan fingerprint density at radius 1 is 1.16 bits per heavy atom. The van der Waals surface area contributed by atoms with Gasteiger partial charge in [0, 0.05) is 25.7 Å². The van der Waals surface area contributed by atoms with Crippen molar-refractivity contribution < 1.29 is 0 Å². The van der Waals surface area contributed by atoms with Crippen molar-refractivity contribution in [3.8, 4) is 0 Å². The third kappa shape index (κ3) is 4.32. The average Bonchev–Trinajstić information content (AvgIpc) is 3.25. The summed E-state index contributed by atoms with van der Waals surface area (Å²) in [6.07, 6.45) is 7.03. The van der Waals surface area contributed by atoms with E-state index in [1.807, 2.05) is 0 Å². The summed E-state index contributed by atoms with van der Waals surface area (Å²) < 4.78 is 0. The van der Waals surface area contributed by atoms with Gasteiger partial charge in [0.15, 0.2) is 0 Å². The van der Waals surface area contributed by atoms with E-state index in [9.17, 15) is 0 Å². The topological polar surface area (TPSA) is 15.3 Å². The van der Waals surface area contributed by atoms with Crippen LogP contribution in [0.4, 0.5) is 0 Å². The first-order valence-electron chi connectivity index (χ1n) is 7.90. The Balaban J connectivity index is 1.42. The fourth-order valence-corrected chi connectivity index (χ4v) is 3.14. The molecule has 0 aromatic heterocycles. The van der Waals surface area contributed by atoms with E-state index in [1.54, 1.807) is 0 Å². The Morgan fingerprint density at radius 2 is 2.00 bits per heavy atom. The number of hydrogen-bond donors (Lipinski definition) is 1. The molecule has 1 aromatic carbocycles. The Morgan fingerprint density at radius 3 is 2.79 bits per heavy atom. The van der Waals surface area contributed by atoms with Crippen LogP contribution in [0.15, 0.2) is 30.3 Å². The van der Waals surface area contributed by atoms with E-state index in [1.165, 1.54) is 57.3 Å². The van der Waals surface area contributed by atoms with E-state index in [0.717, 1.165) is 12.5 Å². The van der Waals surface area contributed by atoms with Gasteiger partial charge in [-0.25, -0.2) is 0 Å². The Kier molecular flexibility index (Phi) is 4.52. The van der Waals surface area contributed by atoms with Crippen molar-refractivity contribution in [1.29, 1.82) is 0 Å². The lowest BCUT2D eigenvalue weighted by Crippen LogP contribution is -2.51. The maximum absolute atomic E-state index is 3.67. The molecule has 1 N–H and O–H groups in total. The lowest BCUT2D eigenvalue weighted by atomic mass is 10.0. The van der Waals surface area contributed by atoms with Crippen molar-refractivity contribution in [2.75, 3.05) is 26.2 Å². The quantitative estimate of drug-likeness (QED) is 0.844. The van der Waals surface area contributed by atoms with Crippen LogP contribution in [-0.2, 0) is 6.42 Å². The molecule has 2 nitrogen and oxygen atoms in total. The van der Waals surface area contributed by atoms with E-state index in [2.05, 4.69) is 40.5 Å². The zero-order valence-electron chi connectivity index (χ0n) is 11.9. The summed E-state index contributed by atoms with van der Waals surface area (Å²) in [5, 5.41) is 3.67. The second kappa shape index (κ2) is 6.53. The zero-order valence-corrected chi connectivity index (χ0v) is 11.9. The number of nitrogens with one attached hydrogen (secondary N) is 1. The zero-order chi connectivity index (χ0) is 12.9. The molecule has 1 aliphatic carbocycles. The molecule has 3 rings (SSSR count). The Bertz CT molecular complexity index is 372. The van der Waals surface area contributed by atoms with Crippen molar-refractivity contribution in [2.45, 2.75) is 38.1 Å². The molecular weight excluding hydrogens is 232 g/mol. The molecular formula is C17H26N2. The van der Waals surface area contributed by atoms with Crippen molar-refractivity contribution in [2.24, 2.45) is 5.92 Å². The van der Waals surface area contributed by atoms with E-state index >= 15 is 0 Å². The highest BCUT2D eigenvalue weighted by Gasteiger charge is 2.22. The van der Waals surface area contributed by atoms with Crippen LogP contribution < -0.4 is 5.32 Å². The molecule has 2 aliphatic rings. The summed E-state index contributed by atoms with van der Waals surface area (Å²) >= 11 is 0. The number of nitrogens with zero attached hydrogens (tertiary/aromatic N) is 1. The number of hydrogen-bond acceptors (Lipinski definition) is 2. The molecule has 1 saturated heterocycles. The number of rotatable bonds is 6. The van der Waals surface area contributed by atoms with Gasteiger partial charge in [0.2, 0.25) is 0 Å². The Hall–Kier alpha value is -0.860. The lowest BCUT2D eigenvalue weighted by molar-refractivity contribution is 0.195. The summed E-state index contributed by atoms with van der Waals surface area (Å²) in [6.45, 7) is 4.92. The first-order chi connectivity index (χ1) is 9.40. The highest BCUT2D eigenvalue weighted by atomic mass is 15.2. The first-order valence-corrected chi connectivity index (χ1v) is 7.90. The summed E-state index contributed by atoms with van der Waals surface area (Å²) in [7, 11) is 0. The van der Waals surface area contributed by atoms with Gasteiger partial charge in [0.1, 0.15) is 0 Å². The SMILES string of the molecule is c1ccc(CC2CN(CCCC3CC3)CCN2)cc1. The van der Waals surface area contributed by atoms with Crippen molar-refractivity contribution in [3.05, 3.63) is 35.9 Å². The van der Waals surface area contributed by atoms with E-state index < -0.39 is 0 Å². The van der Waals surface area contributed by atoms with Gasteiger partial charge in [-0.1, -0.05) is 43.2 Å². The van der Waals surface area contributed by atoms with Gasteiger partial charge >= 0.3 is 0 Å². The molecule has 19 heavy (non-hydrogen) atoms. The minimum absolute atomic E-state index is 0.636. The van der Waals surface area contributed by atoms with Crippen LogP contribution in [-0.4, -0.2) is 37.1 Å². The third-order valence-corrected chi connectivity index (χ3v) is 4.45. The van der Waals surface area contributed by atoms with E-state index in [4.69, 9.17) is 0 Å². The number of piperazine rings is 1. The summed E-state index contributed by atoms with van der Waals surface area (Å²) in [6, 6.07) is 11.5. The maximum Gasteiger partial charge on any atom is 0.0235 e. The average molecular weight is 258 g/mol. The van der Waals surface area contributed by atoms with Gasteiger partial charge in [0.25, 0.3) is 0 Å². The Labute approximate surface area is 117 Å². The highest BCUT2D eigenvalue weighted by molar-refractivity contribution is 5.16. The smallest absolute Gasteiger partial charge is 0.0235 e. The van der Waals surface area contributed by atoms with E-state index in [0.29, 0.717) is 6.04 Å². The molecule has 2 heteroatoms. The fourth-order valence-electron chi connectivity index (χ4n) is 3.14. The van der Waals surface area contributed by atoms with Gasteiger partial charge in [-0.05, 0) is 37.3 Å². The molecule has 104 valence electrons. The third-order valence-electron chi connectivity index (χ3n) is 4.45. The molecule has 0 radical (unpaired) electrons. The van der Waals surface area contributed by atoms with Gasteiger partial charge < -0.3 is 10.2 Å². The summed E-state index contributed by atoms with van der Waals surface area (Å²) in [4.78, 5) is 2.66. The van der Waals surface area contributed by atoms with E-state index in [-0.39, 0.29) is 0 Å². The maximum atomic E-state index is 3.67.